The Labute approximate surface area is 122 Å². The lowest BCUT2D eigenvalue weighted by molar-refractivity contribution is -0.116. The molecule has 0 radical (unpaired) electrons. The lowest BCUT2D eigenvalue weighted by atomic mass is 10.1. The molecule has 2 rings (SSSR count). The summed E-state index contributed by atoms with van der Waals surface area (Å²) in [5, 5.41) is 6.62. The largest absolute Gasteiger partial charge is 0.366 e. The Morgan fingerprint density at radius 1 is 1.24 bits per heavy atom. The molecule has 0 unspecified atom stereocenters. The molecule has 0 bridgehead atoms. The van der Waals surface area contributed by atoms with Gasteiger partial charge in [-0.15, -0.1) is 0 Å². The predicted molar refractivity (Wildman–Crippen MR) is 77.9 cm³/mol. The maximum Gasteiger partial charge on any atom is 0.248 e. The van der Waals surface area contributed by atoms with Gasteiger partial charge in [0.25, 0.3) is 0 Å². The number of primary amides is 1. The van der Waals surface area contributed by atoms with E-state index >= 15 is 0 Å². The summed E-state index contributed by atoms with van der Waals surface area (Å²) in [5.74, 6) is 0.138. The van der Waals surface area contributed by atoms with Crippen LogP contribution in [0.4, 0.5) is 5.69 Å². The van der Waals surface area contributed by atoms with Gasteiger partial charge < -0.3 is 15.6 Å². The number of anilines is 1. The summed E-state index contributed by atoms with van der Waals surface area (Å²) in [6.07, 6.45) is 0.910. The maximum atomic E-state index is 11.9. The van der Waals surface area contributed by atoms with Crippen molar-refractivity contribution in [2.75, 3.05) is 5.32 Å². The number of rotatable bonds is 5. The van der Waals surface area contributed by atoms with Crippen LogP contribution in [0.3, 0.4) is 0 Å². The van der Waals surface area contributed by atoms with Crippen molar-refractivity contribution in [3.63, 3.8) is 0 Å². The van der Waals surface area contributed by atoms with E-state index in [4.69, 9.17) is 10.3 Å². The number of aromatic nitrogens is 1. The van der Waals surface area contributed by atoms with Crippen molar-refractivity contribution < 1.29 is 14.1 Å². The molecule has 6 heteroatoms. The Morgan fingerprint density at radius 2 is 1.90 bits per heavy atom. The third kappa shape index (κ3) is 3.68. The van der Waals surface area contributed by atoms with E-state index in [0.717, 1.165) is 17.0 Å². The van der Waals surface area contributed by atoms with E-state index in [9.17, 15) is 9.59 Å². The van der Waals surface area contributed by atoms with Gasteiger partial charge >= 0.3 is 0 Å². The average molecular weight is 287 g/mol. The van der Waals surface area contributed by atoms with Gasteiger partial charge in [-0.05, 0) is 44.5 Å². The van der Waals surface area contributed by atoms with Crippen molar-refractivity contribution >= 4 is 17.5 Å². The quantitative estimate of drug-likeness (QED) is 0.878. The first-order valence-corrected chi connectivity index (χ1v) is 6.59. The summed E-state index contributed by atoms with van der Waals surface area (Å²) in [6, 6.07) is 6.44. The summed E-state index contributed by atoms with van der Waals surface area (Å²) >= 11 is 0. The van der Waals surface area contributed by atoms with Crippen molar-refractivity contribution in [1.29, 1.82) is 0 Å². The number of nitrogens with one attached hydrogen (secondary N) is 1. The number of benzene rings is 1. The van der Waals surface area contributed by atoms with E-state index in [1.165, 1.54) is 0 Å². The first-order chi connectivity index (χ1) is 9.97. The van der Waals surface area contributed by atoms with Crippen molar-refractivity contribution in [2.45, 2.75) is 26.7 Å². The van der Waals surface area contributed by atoms with Gasteiger partial charge in [-0.1, -0.05) is 5.16 Å². The van der Waals surface area contributed by atoms with Crippen LogP contribution in [0.1, 0.15) is 33.8 Å². The molecule has 1 aromatic heterocycles. The number of carbonyl (C=O) groups excluding carboxylic acids is 2. The smallest absolute Gasteiger partial charge is 0.248 e. The van der Waals surface area contributed by atoms with Crippen LogP contribution in [0.2, 0.25) is 0 Å². The van der Waals surface area contributed by atoms with Crippen molar-refractivity contribution in [3.05, 3.63) is 46.8 Å². The van der Waals surface area contributed by atoms with Crippen LogP contribution in [-0.4, -0.2) is 17.0 Å². The molecule has 0 saturated heterocycles. The zero-order valence-electron chi connectivity index (χ0n) is 12.0. The van der Waals surface area contributed by atoms with Gasteiger partial charge in [-0.25, -0.2) is 0 Å². The normalized spacial score (nSPS) is 10.4. The number of amides is 2. The molecule has 0 aliphatic rings. The monoisotopic (exact) mass is 287 g/mol. The van der Waals surface area contributed by atoms with E-state index in [2.05, 4.69) is 10.5 Å². The van der Waals surface area contributed by atoms with E-state index in [-0.39, 0.29) is 5.91 Å². The van der Waals surface area contributed by atoms with Gasteiger partial charge in [-0.2, -0.15) is 0 Å². The fraction of sp³-hybridized carbons (Fsp3) is 0.267. The highest BCUT2D eigenvalue weighted by molar-refractivity contribution is 5.94. The second-order valence-corrected chi connectivity index (χ2v) is 4.79. The van der Waals surface area contributed by atoms with Gasteiger partial charge in [0.05, 0.1) is 5.69 Å². The fourth-order valence-electron chi connectivity index (χ4n) is 2.04. The summed E-state index contributed by atoms with van der Waals surface area (Å²) in [5.41, 5.74) is 7.97. The minimum atomic E-state index is -0.494. The lowest BCUT2D eigenvalue weighted by Crippen LogP contribution is -2.14. The summed E-state index contributed by atoms with van der Waals surface area (Å²) in [4.78, 5) is 22.8. The second kappa shape index (κ2) is 6.21. The molecule has 0 saturated carbocycles. The molecular weight excluding hydrogens is 270 g/mol. The maximum absolute atomic E-state index is 11.9. The summed E-state index contributed by atoms with van der Waals surface area (Å²) in [7, 11) is 0. The average Bonchev–Trinajstić information content (AvgIpc) is 2.76. The Morgan fingerprint density at radius 3 is 2.43 bits per heavy atom. The molecule has 0 aliphatic carbocycles. The van der Waals surface area contributed by atoms with Crippen molar-refractivity contribution in [1.82, 2.24) is 5.16 Å². The minimum Gasteiger partial charge on any atom is -0.366 e. The van der Waals surface area contributed by atoms with Crippen LogP contribution in [0.5, 0.6) is 0 Å². The molecule has 0 spiro atoms. The summed E-state index contributed by atoms with van der Waals surface area (Å²) < 4.78 is 5.06. The number of hydrogen-bond acceptors (Lipinski definition) is 4. The zero-order chi connectivity index (χ0) is 15.4. The SMILES string of the molecule is Cc1noc(C)c1CCC(=O)Nc1ccc(C(N)=O)cc1. The molecular formula is C15H17N3O3. The Kier molecular flexibility index (Phi) is 4.37. The number of nitrogens with two attached hydrogens (primary N) is 1. The molecule has 2 aromatic rings. The van der Waals surface area contributed by atoms with Crippen LogP contribution in [0.15, 0.2) is 28.8 Å². The van der Waals surface area contributed by atoms with E-state index < -0.39 is 5.91 Å². The Balaban J connectivity index is 1.91. The van der Waals surface area contributed by atoms with E-state index in [0.29, 0.717) is 24.1 Å². The molecule has 110 valence electrons. The first kappa shape index (κ1) is 14.8. The molecule has 0 fully saturated rings. The molecule has 6 nitrogen and oxygen atoms in total. The van der Waals surface area contributed by atoms with Crippen LogP contribution >= 0.6 is 0 Å². The third-order valence-electron chi connectivity index (χ3n) is 3.24. The van der Waals surface area contributed by atoms with E-state index in [1.54, 1.807) is 24.3 Å². The van der Waals surface area contributed by atoms with Crippen LogP contribution < -0.4 is 11.1 Å². The molecule has 1 aromatic carbocycles. The summed E-state index contributed by atoms with van der Waals surface area (Å²) in [6.45, 7) is 3.68. The number of carbonyl (C=O) groups is 2. The molecule has 0 aliphatic heterocycles. The van der Waals surface area contributed by atoms with Crippen molar-refractivity contribution in [3.8, 4) is 0 Å². The Hall–Kier alpha value is -2.63. The highest BCUT2D eigenvalue weighted by Crippen LogP contribution is 2.15. The van der Waals surface area contributed by atoms with Gasteiger partial charge in [0.15, 0.2) is 0 Å². The Bertz CT molecular complexity index is 640. The topological polar surface area (TPSA) is 98.2 Å². The van der Waals surface area contributed by atoms with Gasteiger partial charge in [0.1, 0.15) is 5.76 Å². The number of aryl methyl sites for hydroxylation is 2. The van der Waals surface area contributed by atoms with Gasteiger partial charge in [0.2, 0.25) is 11.8 Å². The van der Waals surface area contributed by atoms with Crippen LogP contribution in [0, 0.1) is 13.8 Å². The molecule has 3 N–H and O–H groups in total. The molecule has 1 heterocycles. The fourth-order valence-corrected chi connectivity index (χ4v) is 2.04. The standard InChI is InChI=1S/C15H17N3O3/c1-9-13(10(2)21-18-9)7-8-14(19)17-12-5-3-11(4-6-12)15(16)20/h3-6H,7-8H2,1-2H3,(H2,16,20)(H,17,19). The van der Waals surface area contributed by atoms with Gasteiger partial charge in [0, 0.05) is 23.2 Å². The highest BCUT2D eigenvalue weighted by Gasteiger charge is 2.11. The lowest BCUT2D eigenvalue weighted by Gasteiger charge is -2.05. The second-order valence-electron chi connectivity index (χ2n) is 4.79. The zero-order valence-corrected chi connectivity index (χ0v) is 12.0. The van der Waals surface area contributed by atoms with Crippen LogP contribution in [0.25, 0.3) is 0 Å². The van der Waals surface area contributed by atoms with E-state index in [1.807, 2.05) is 13.8 Å². The van der Waals surface area contributed by atoms with Crippen LogP contribution in [-0.2, 0) is 11.2 Å². The minimum absolute atomic E-state index is 0.109. The highest BCUT2D eigenvalue weighted by atomic mass is 16.5. The predicted octanol–water partition coefficient (Wildman–Crippen LogP) is 1.96. The van der Waals surface area contributed by atoms with Crippen molar-refractivity contribution in [2.24, 2.45) is 5.73 Å². The number of hydrogen-bond donors (Lipinski definition) is 2. The van der Waals surface area contributed by atoms with Gasteiger partial charge in [-0.3, -0.25) is 9.59 Å². The molecule has 21 heavy (non-hydrogen) atoms. The molecule has 0 atom stereocenters. The third-order valence-corrected chi connectivity index (χ3v) is 3.24. The number of nitrogens with zero attached hydrogens (tertiary/aromatic N) is 1. The first-order valence-electron chi connectivity index (χ1n) is 6.59. The molecule has 2 amide bonds.